The number of fused-ring (bicyclic) bond motifs is 1. The number of benzene rings is 2. The first-order valence-electron chi connectivity index (χ1n) is 10.0. The van der Waals surface area contributed by atoms with Crippen LogP contribution in [-0.2, 0) is 13.0 Å². The SMILES string of the molecule is CCc1n[nH]c(CN(C)C(=O)c2cc(-c3ccccc3Cl)nc3ccc(Cl)cc23)c1C. The van der Waals surface area contributed by atoms with E-state index in [0.717, 1.165) is 28.9 Å². The van der Waals surface area contributed by atoms with Crippen molar-refractivity contribution in [2.75, 3.05) is 7.05 Å². The van der Waals surface area contributed by atoms with Gasteiger partial charge in [-0.3, -0.25) is 9.89 Å². The van der Waals surface area contributed by atoms with Gasteiger partial charge in [-0.15, -0.1) is 0 Å². The zero-order chi connectivity index (χ0) is 22.1. The Morgan fingerprint density at radius 2 is 1.90 bits per heavy atom. The fourth-order valence-corrected chi connectivity index (χ4v) is 4.08. The first kappa shape index (κ1) is 21.3. The molecular formula is C24H22Cl2N4O. The number of carbonyl (C=O) groups is 1. The lowest BCUT2D eigenvalue weighted by atomic mass is 10.0. The molecule has 2 heterocycles. The second-order valence-electron chi connectivity index (χ2n) is 7.48. The first-order valence-corrected chi connectivity index (χ1v) is 10.8. The number of hydrogen-bond acceptors (Lipinski definition) is 3. The Labute approximate surface area is 191 Å². The lowest BCUT2D eigenvalue weighted by molar-refractivity contribution is 0.0785. The summed E-state index contributed by atoms with van der Waals surface area (Å²) in [6, 6.07) is 14.6. The van der Waals surface area contributed by atoms with Crippen LogP contribution in [0, 0.1) is 6.92 Å². The van der Waals surface area contributed by atoms with Gasteiger partial charge in [0, 0.05) is 28.0 Å². The van der Waals surface area contributed by atoms with E-state index in [1.165, 1.54) is 0 Å². The number of pyridine rings is 1. The molecule has 2 aromatic carbocycles. The number of carbonyl (C=O) groups excluding carboxylic acids is 1. The van der Waals surface area contributed by atoms with E-state index >= 15 is 0 Å². The summed E-state index contributed by atoms with van der Waals surface area (Å²) < 4.78 is 0. The monoisotopic (exact) mass is 452 g/mol. The Morgan fingerprint density at radius 3 is 2.61 bits per heavy atom. The summed E-state index contributed by atoms with van der Waals surface area (Å²) in [7, 11) is 1.78. The lowest BCUT2D eigenvalue weighted by Crippen LogP contribution is -2.27. The molecule has 4 aromatic rings. The highest BCUT2D eigenvalue weighted by molar-refractivity contribution is 6.33. The Balaban J connectivity index is 1.79. The van der Waals surface area contributed by atoms with Gasteiger partial charge in [-0.2, -0.15) is 5.10 Å². The van der Waals surface area contributed by atoms with Crippen LogP contribution in [-0.4, -0.2) is 33.0 Å². The number of aryl methyl sites for hydroxylation is 1. The Bertz CT molecular complexity index is 1280. The number of halogens is 2. The van der Waals surface area contributed by atoms with Gasteiger partial charge in [0.05, 0.1) is 34.7 Å². The highest BCUT2D eigenvalue weighted by Gasteiger charge is 2.20. The van der Waals surface area contributed by atoms with Crippen LogP contribution in [0.3, 0.4) is 0 Å². The number of nitrogens with zero attached hydrogens (tertiary/aromatic N) is 3. The molecule has 0 saturated heterocycles. The van der Waals surface area contributed by atoms with Gasteiger partial charge in [0.2, 0.25) is 0 Å². The van der Waals surface area contributed by atoms with Gasteiger partial charge < -0.3 is 4.90 Å². The molecule has 0 fully saturated rings. The van der Waals surface area contributed by atoms with Crippen molar-refractivity contribution in [1.82, 2.24) is 20.1 Å². The lowest BCUT2D eigenvalue weighted by Gasteiger charge is -2.19. The summed E-state index contributed by atoms with van der Waals surface area (Å²) in [5.41, 5.74) is 5.65. The summed E-state index contributed by atoms with van der Waals surface area (Å²) in [4.78, 5) is 19.9. The number of H-pyrrole nitrogens is 1. The van der Waals surface area contributed by atoms with Crippen molar-refractivity contribution in [1.29, 1.82) is 0 Å². The van der Waals surface area contributed by atoms with Crippen LogP contribution in [0.4, 0.5) is 0 Å². The van der Waals surface area contributed by atoms with E-state index in [2.05, 4.69) is 17.1 Å². The van der Waals surface area contributed by atoms with Crippen LogP contribution in [0.25, 0.3) is 22.2 Å². The van der Waals surface area contributed by atoms with E-state index in [9.17, 15) is 4.79 Å². The van der Waals surface area contributed by atoms with E-state index in [1.807, 2.05) is 37.3 Å². The van der Waals surface area contributed by atoms with E-state index in [0.29, 0.717) is 38.8 Å². The fraction of sp³-hybridized carbons (Fsp3) is 0.208. The molecule has 7 heteroatoms. The third kappa shape index (κ3) is 4.16. The smallest absolute Gasteiger partial charge is 0.254 e. The minimum Gasteiger partial charge on any atom is -0.336 e. The molecule has 0 unspecified atom stereocenters. The Morgan fingerprint density at radius 1 is 1.13 bits per heavy atom. The molecule has 1 amide bonds. The van der Waals surface area contributed by atoms with Crippen LogP contribution >= 0.6 is 23.2 Å². The molecule has 0 aliphatic rings. The molecule has 158 valence electrons. The topological polar surface area (TPSA) is 61.9 Å². The van der Waals surface area contributed by atoms with Crippen molar-refractivity contribution in [2.45, 2.75) is 26.8 Å². The summed E-state index contributed by atoms with van der Waals surface area (Å²) in [6.45, 7) is 4.50. The van der Waals surface area contributed by atoms with Gasteiger partial charge >= 0.3 is 0 Å². The van der Waals surface area contributed by atoms with Gasteiger partial charge in [-0.25, -0.2) is 4.98 Å². The Hall–Kier alpha value is -2.89. The molecule has 0 atom stereocenters. The average molecular weight is 453 g/mol. The largest absolute Gasteiger partial charge is 0.336 e. The minimum absolute atomic E-state index is 0.130. The summed E-state index contributed by atoms with van der Waals surface area (Å²) >= 11 is 12.6. The molecule has 0 radical (unpaired) electrons. The molecule has 0 spiro atoms. The Kier molecular flexibility index (Phi) is 5.99. The predicted octanol–water partition coefficient (Wildman–Crippen LogP) is 6.07. The number of nitrogens with one attached hydrogen (secondary N) is 1. The second-order valence-corrected chi connectivity index (χ2v) is 8.33. The zero-order valence-electron chi connectivity index (χ0n) is 17.5. The number of rotatable bonds is 5. The van der Waals surface area contributed by atoms with Crippen LogP contribution in [0.15, 0.2) is 48.5 Å². The van der Waals surface area contributed by atoms with Gasteiger partial charge in [-0.1, -0.05) is 48.3 Å². The maximum absolute atomic E-state index is 13.5. The molecule has 31 heavy (non-hydrogen) atoms. The molecule has 0 aliphatic carbocycles. The average Bonchev–Trinajstić information content (AvgIpc) is 3.12. The third-order valence-electron chi connectivity index (χ3n) is 5.44. The normalized spacial score (nSPS) is 11.1. The van der Waals surface area contributed by atoms with E-state index in [1.54, 1.807) is 30.1 Å². The van der Waals surface area contributed by atoms with Gasteiger partial charge in [0.15, 0.2) is 0 Å². The van der Waals surface area contributed by atoms with Crippen molar-refractivity contribution in [2.24, 2.45) is 0 Å². The maximum atomic E-state index is 13.5. The number of amides is 1. The summed E-state index contributed by atoms with van der Waals surface area (Å²) in [6.07, 6.45) is 0.842. The number of aromatic nitrogens is 3. The standard InChI is InChI=1S/C24H22Cl2N4O/c1-4-20-14(2)23(29-28-20)13-30(3)24(31)18-12-22(16-7-5-6-8-19(16)26)27-21-10-9-15(25)11-17(18)21/h5-12H,4,13H2,1-3H3,(H,28,29). The fourth-order valence-electron chi connectivity index (χ4n) is 3.67. The number of hydrogen-bond donors (Lipinski definition) is 1. The molecule has 0 aliphatic heterocycles. The molecule has 5 nitrogen and oxygen atoms in total. The predicted molar refractivity (Wildman–Crippen MR) is 126 cm³/mol. The molecule has 0 bridgehead atoms. The third-order valence-corrected chi connectivity index (χ3v) is 6.00. The van der Waals surface area contributed by atoms with Crippen molar-refractivity contribution < 1.29 is 4.79 Å². The van der Waals surface area contributed by atoms with Crippen LogP contribution in [0.5, 0.6) is 0 Å². The van der Waals surface area contributed by atoms with Crippen molar-refractivity contribution in [3.8, 4) is 11.3 Å². The van der Waals surface area contributed by atoms with Crippen LogP contribution < -0.4 is 0 Å². The maximum Gasteiger partial charge on any atom is 0.254 e. The van der Waals surface area contributed by atoms with Crippen molar-refractivity contribution >= 4 is 40.0 Å². The van der Waals surface area contributed by atoms with Gasteiger partial charge in [-0.05, 0) is 49.2 Å². The first-order chi connectivity index (χ1) is 14.9. The molecule has 0 saturated carbocycles. The molecule has 4 rings (SSSR count). The summed E-state index contributed by atoms with van der Waals surface area (Å²) in [5.74, 6) is -0.130. The highest BCUT2D eigenvalue weighted by atomic mass is 35.5. The van der Waals surface area contributed by atoms with Crippen molar-refractivity contribution in [3.63, 3.8) is 0 Å². The van der Waals surface area contributed by atoms with Crippen LogP contribution in [0.1, 0.15) is 34.2 Å². The quantitative estimate of drug-likeness (QED) is 0.399. The van der Waals surface area contributed by atoms with E-state index < -0.39 is 0 Å². The van der Waals surface area contributed by atoms with Gasteiger partial charge in [0.1, 0.15) is 0 Å². The zero-order valence-corrected chi connectivity index (χ0v) is 19.1. The molecule has 2 aromatic heterocycles. The van der Waals surface area contributed by atoms with E-state index in [-0.39, 0.29) is 5.91 Å². The van der Waals surface area contributed by atoms with E-state index in [4.69, 9.17) is 28.2 Å². The summed E-state index contributed by atoms with van der Waals surface area (Å²) in [5, 5.41) is 9.23. The molecular weight excluding hydrogens is 431 g/mol. The van der Waals surface area contributed by atoms with Gasteiger partial charge in [0.25, 0.3) is 5.91 Å². The second kappa shape index (κ2) is 8.69. The highest BCUT2D eigenvalue weighted by Crippen LogP contribution is 2.31. The number of aromatic amines is 1. The minimum atomic E-state index is -0.130. The van der Waals surface area contributed by atoms with Crippen LogP contribution in [0.2, 0.25) is 10.0 Å². The van der Waals surface area contributed by atoms with Crippen molar-refractivity contribution in [3.05, 3.63) is 81.1 Å². The molecule has 1 N–H and O–H groups in total.